The van der Waals surface area contributed by atoms with Crippen LogP contribution < -0.4 is 5.32 Å². The lowest BCUT2D eigenvalue weighted by atomic mass is 9.67. The molecule has 3 saturated carbocycles. The first kappa shape index (κ1) is 104. The summed E-state index contributed by atoms with van der Waals surface area (Å²) < 4.78 is 115. The molecule has 740 valence electrons. The molecule has 132 heavy (non-hydrogen) atoms. The Labute approximate surface area is 785 Å². The maximum Gasteiger partial charge on any atom is 0.513 e. The van der Waals surface area contributed by atoms with Gasteiger partial charge in [0.25, 0.3) is 5.91 Å². The molecule has 6 saturated heterocycles. The number of likely N-dealkylation sites (N-methyl/N-ethyl adjacent to an activating group) is 2. The number of carbonyl (C=O) groups excluding carboxylic acids is 6. The largest absolute Gasteiger partial charge is 0.513 e. The van der Waals surface area contributed by atoms with Crippen LogP contribution in [-0.4, -0.2) is 276 Å². The van der Waals surface area contributed by atoms with Gasteiger partial charge in [-0.15, -0.1) is 0 Å². The number of benzene rings is 1. The summed E-state index contributed by atoms with van der Waals surface area (Å²) in [5.74, 6) is 0.203. The van der Waals surface area contributed by atoms with Gasteiger partial charge in [0.05, 0.1) is 85.5 Å². The van der Waals surface area contributed by atoms with Crippen molar-refractivity contribution < 1.29 is 119 Å². The maximum atomic E-state index is 14.7. The van der Waals surface area contributed by atoms with E-state index in [0.717, 1.165) is 131 Å². The summed E-state index contributed by atoms with van der Waals surface area (Å²) in [6.45, 7) is 24.4. The number of rotatable bonds is 22. The molecule has 7 heterocycles. The highest BCUT2D eigenvalue weighted by molar-refractivity contribution is 6.24. The topological polar surface area (TPSA) is 296 Å². The van der Waals surface area contributed by atoms with Crippen LogP contribution in [0.1, 0.15) is 227 Å². The number of nitrogens with zero attached hydrogens (tertiary/aromatic N) is 2. The van der Waals surface area contributed by atoms with E-state index in [-0.39, 0.29) is 212 Å². The van der Waals surface area contributed by atoms with Crippen molar-refractivity contribution in [2.24, 2.45) is 71.0 Å². The number of hydrogen-bond donors (Lipinski definition) is 1. The van der Waals surface area contributed by atoms with Crippen LogP contribution in [0.3, 0.4) is 0 Å². The van der Waals surface area contributed by atoms with Crippen molar-refractivity contribution in [3.63, 3.8) is 0 Å². The Morgan fingerprint density at radius 3 is 1.44 bits per heavy atom. The molecule has 1 aromatic carbocycles. The number of methoxy groups -OCH3 is 7. The van der Waals surface area contributed by atoms with Crippen molar-refractivity contribution in [2.45, 2.75) is 371 Å². The van der Waals surface area contributed by atoms with Crippen molar-refractivity contribution in [1.82, 2.24) is 15.1 Å². The number of amides is 1. The minimum atomic E-state index is -0.778. The molecule has 0 aromatic heterocycles. The Morgan fingerprint density at radius 1 is 0.485 bits per heavy atom. The molecule has 7 aliphatic heterocycles. The summed E-state index contributed by atoms with van der Waals surface area (Å²) in [7, 11) is 20.0. The van der Waals surface area contributed by atoms with Crippen LogP contribution in [0.5, 0.6) is 0 Å². The first-order chi connectivity index (χ1) is 63.2. The average Bonchev–Trinajstić information content (AvgIpc) is 1.59. The number of allylic oxidation sites excluding steroid dienone is 8. The molecule has 0 bridgehead atoms. The molecule has 7 aliphatic carbocycles. The van der Waals surface area contributed by atoms with E-state index in [1.807, 2.05) is 59.7 Å². The highest BCUT2D eigenvalue weighted by Crippen LogP contribution is 2.58. The lowest BCUT2D eigenvalue weighted by molar-refractivity contribution is -0.314. The number of carbonyl (C=O) groups is 6. The summed E-state index contributed by atoms with van der Waals surface area (Å²) in [4.78, 5) is 86.0. The Kier molecular flexibility index (Phi) is 36.4. The van der Waals surface area contributed by atoms with Crippen LogP contribution in [0, 0.1) is 84.9 Å². The smallest absolute Gasteiger partial charge is 0.462 e. The van der Waals surface area contributed by atoms with E-state index in [1.165, 1.54) is 5.57 Å². The van der Waals surface area contributed by atoms with Gasteiger partial charge in [-0.05, 0) is 282 Å². The molecule has 1 spiro atoms. The zero-order valence-corrected chi connectivity index (χ0v) is 83.2. The fourth-order valence-corrected chi connectivity index (χ4v) is 25.2. The molecule has 1 amide bonds. The van der Waals surface area contributed by atoms with Crippen LogP contribution in [-0.2, 0) is 114 Å². The lowest BCUT2D eigenvalue weighted by Gasteiger charge is -2.44. The molecule has 0 radical (unpaired) electrons. The molecule has 1 N–H and O–H groups in total. The third-order valence-electron chi connectivity index (χ3n) is 32.4. The number of aryl methyl sites for hydroxylation is 2. The second-order valence-corrected chi connectivity index (χ2v) is 40.7. The Morgan fingerprint density at radius 2 is 0.970 bits per heavy atom. The third kappa shape index (κ3) is 23.0. The van der Waals surface area contributed by atoms with E-state index in [9.17, 15) is 28.8 Å². The predicted octanol–water partition coefficient (Wildman–Crippen LogP) is 15.0. The van der Waals surface area contributed by atoms with Crippen LogP contribution in [0.25, 0.3) is 5.57 Å². The van der Waals surface area contributed by atoms with Gasteiger partial charge in [-0.2, -0.15) is 0 Å². The molecule has 34 atom stereocenters. The minimum absolute atomic E-state index is 0.0364. The van der Waals surface area contributed by atoms with Crippen molar-refractivity contribution in [3.05, 3.63) is 87.7 Å². The molecule has 14 aliphatic rings. The summed E-state index contributed by atoms with van der Waals surface area (Å²) >= 11 is 0. The normalized spacial score (nSPS) is 41.3. The first-order valence-corrected chi connectivity index (χ1v) is 49.8. The fourth-order valence-electron chi connectivity index (χ4n) is 25.2. The highest BCUT2D eigenvalue weighted by atomic mass is 16.7. The maximum absolute atomic E-state index is 14.7. The van der Waals surface area contributed by atoms with Crippen molar-refractivity contribution in [2.75, 3.05) is 84.6 Å². The second-order valence-electron chi connectivity index (χ2n) is 40.7. The van der Waals surface area contributed by atoms with E-state index in [0.29, 0.717) is 60.9 Å². The van der Waals surface area contributed by atoms with Gasteiger partial charge in [-0.3, -0.25) is 24.0 Å². The van der Waals surface area contributed by atoms with Gasteiger partial charge in [0, 0.05) is 85.5 Å². The summed E-state index contributed by atoms with van der Waals surface area (Å²) in [5.41, 5.74) is 5.36. The minimum Gasteiger partial charge on any atom is -0.462 e. The number of fused-ring (bicyclic) bond motifs is 10. The number of Topliss-reactive ketones (excluding diaryl/α,β-unsaturated/α-hetero) is 2. The van der Waals surface area contributed by atoms with Gasteiger partial charge in [0.15, 0.2) is 36.7 Å². The van der Waals surface area contributed by atoms with E-state index in [1.54, 1.807) is 56.7 Å². The number of ether oxygens (including phenoxy) is 19. The van der Waals surface area contributed by atoms with E-state index >= 15 is 0 Å². The SMILES string of the molecule is CCOC(=O)OC1=C(c2cc(C)ccc2C)C(=O)N[C@]12CC[C@@H](OC)CC2.CC[C@H]1CCC[C@H](O[C@H]2CC[C@H](N(C)C)[C@@H](C)O2)[C@@H](C)C(=O)C2=C[C@@H]3[C@@H](C=C(C)[C@@H]4C[C@@H](O[C@@H]5O[C@@H](C)[C@H](OC)[C@@H](OC)[C@H]5OC)C[C@@H]34)[C@@H]2CC(=O)O1.CC[C@H]1CCC[C@H](O[C@H]2CC[C@H](N(C)C)[C@@H](C)O2)[C@@H](C)C(=O)C2=C[C@@H]3[C@@H](C=C[C@@H]4C[C@@H](O[C@@H]5O[C@@H](C)[C@H](OC)[C@@H](OC)[C@H]5OC)C[C@@H]34)[C@@H]2CC(=O)O1. The highest BCUT2D eigenvalue weighted by Gasteiger charge is 2.58. The summed E-state index contributed by atoms with van der Waals surface area (Å²) in [6.07, 6.45) is 21.6. The van der Waals surface area contributed by atoms with Crippen LogP contribution in [0.4, 0.5) is 4.79 Å². The zero-order chi connectivity index (χ0) is 95.0. The Hall–Kier alpha value is -5.74. The second kappa shape index (κ2) is 46.4. The monoisotopic (exact) mass is 1850 g/mol. The number of hydrogen-bond acceptors (Lipinski definition) is 27. The summed E-state index contributed by atoms with van der Waals surface area (Å²) in [5, 5.41) is 3.11. The number of nitrogens with one attached hydrogen (secondary N) is 1. The molecule has 28 heteroatoms. The average molecular weight is 1850 g/mol. The van der Waals surface area contributed by atoms with E-state index < -0.39 is 36.5 Å². The molecule has 15 rings (SSSR count). The molecule has 28 nitrogen and oxygen atoms in total. The van der Waals surface area contributed by atoms with Gasteiger partial charge in [0.1, 0.15) is 54.6 Å². The summed E-state index contributed by atoms with van der Waals surface area (Å²) in [6, 6.07) is 6.60. The molecular weight excluding hydrogens is 1690 g/mol. The fraction of sp³-hybridized carbons (Fsp3) is 0.788. The van der Waals surface area contributed by atoms with Crippen molar-refractivity contribution in [3.8, 4) is 0 Å². The van der Waals surface area contributed by atoms with Crippen LogP contribution in [0.15, 0.2) is 71.1 Å². The molecule has 1 aromatic rings. The van der Waals surface area contributed by atoms with Gasteiger partial charge < -0.3 is 105 Å². The van der Waals surface area contributed by atoms with Gasteiger partial charge in [-0.1, -0.05) is 87.4 Å². The van der Waals surface area contributed by atoms with Gasteiger partial charge in [-0.25, -0.2) is 4.79 Å². The number of cyclic esters (lactones) is 2. The Balaban J connectivity index is 0.000000177. The molecular formula is C104H159N3O25. The first-order valence-electron chi connectivity index (χ1n) is 49.8. The van der Waals surface area contributed by atoms with Crippen molar-refractivity contribution >= 4 is 41.1 Å². The van der Waals surface area contributed by atoms with Gasteiger partial charge >= 0.3 is 18.1 Å². The molecule has 9 fully saturated rings. The van der Waals surface area contributed by atoms with Crippen LogP contribution >= 0.6 is 0 Å². The number of esters is 2. The van der Waals surface area contributed by atoms with Crippen molar-refractivity contribution in [1.29, 1.82) is 0 Å². The lowest BCUT2D eigenvalue weighted by Crippen LogP contribution is -2.59. The van der Waals surface area contributed by atoms with E-state index in [4.69, 9.17) is 90.0 Å². The number of ketones is 2. The molecule has 0 unspecified atom stereocenters. The van der Waals surface area contributed by atoms with E-state index in [2.05, 4.69) is 108 Å². The van der Waals surface area contributed by atoms with Gasteiger partial charge in [0.2, 0.25) is 0 Å². The Bertz CT molecular complexity index is 4210. The van der Waals surface area contributed by atoms with Crippen LogP contribution in [0.2, 0.25) is 0 Å². The predicted molar refractivity (Wildman–Crippen MR) is 494 cm³/mol. The quantitative estimate of drug-likeness (QED) is 0.0641. The zero-order valence-electron chi connectivity index (χ0n) is 83.2. The standard InChI is InChI=1S/C42H67NO10.C41H65NO10.C21H27NO5/c1-11-26-13-12-14-35(53-37-16-15-34(43(6)7)24(4)49-37)23(3)38(45)33-20-31-29(32(33)21-36(44)51-26)17-22(2)28-18-27(19-30(28)31)52-42-41(48-10)40(47-9)39(46-8)25(5)50-42;1-10-26-12-11-13-34(52-36-17-16-33(42(5)6)23(3)48-36)22(2)37(44)32-20-30-28(31(32)21-35(43)50-26)15-14-25-18-27(19-29(25)30)51-41-40(47-9)39(46-8)38(45-7)24(4)49-41;1-5-26-20(24)27-18-17(16-12-13(2)6-7-14(16)3)19(23)22-21(18)10-8-15(25-4)9-11-21/h17,20,23-32,34-35,37,39-42H,11-16,18-19,21H2,1-10H3;14-15,20,22-31,33-34,36,38-41H,10-13,16-19,21H2,1-9H3;6-7,12,15H,5,8-11H2,1-4H3,(H,22,23)/t23-,24-,25+,26+,27-,28+,29-,30-,31-,32+,34+,35+,37+,39+,40-,41-,42+;22-,23-,24+,25-,26+,27-,28-,29-,30-,31+,33+,34+,36+,38+,39-,40-,41+;15-,21+/m11./s1. The third-order valence-corrected chi connectivity index (χ3v) is 32.4.